The van der Waals surface area contributed by atoms with Gasteiger partial charge >= 0.3 is 39.5 Å². The molecule has 0 saturated carbocycles. The third-order valence-corrected chi connectivity index (χ3v) is 19.4. The molecular formula is C73H142O17P2. The topological polar surface area (TPSA) is 237 Å². The predicted molar refractivity (Wildman–Crippen MR) is 372 cm³/mol. The summed E-state index contributed by atoms with van der Waals surface area (Å²) in [5.41, 5.74) is 0. The molecule has 0 radical (unpaired) electrons. The van der Waals surface area contributed by atoms with E-state index in [9.17, 15) is 43.2 Å². The second-order valence-corrected chi connectivity index (χ2v) is 30.7. The molecule has 0 aromatic heterocycles. The molecule has 0 saturated heterocycles. The lowest BCUT2D eigenvalue weighted by Crippen LogP contribution is -2.30. The number of carbonyl (C=O) groups is 4. The molecule has 92 heavy (non-hydrogen) atoms. The molecular weight excluding hydrogens is 1210 g/mol. The third-order valence-electron chi connectivity index (χ3n) is 17.5. The molecule has 0 aliphatic rings. The highest BCUT2D eigenvalue weighted by Crippen LogP contribution is 2.45. The summed E-state index contributed by atoms with van der Waals surface area (Å²) in [5.74, 6) is 0.929. The van der Waals surface area contributed by atoms with Crippen molar-refractivity contribution in [3.63, 3.8) is 0 Å². The Kier molecular flexibility index (Phi) is 61.3. The van der Waals surface area contributed by atoms with Crippen LogP contribution in [0.15, 0.2) is 0 Å². The summed E-state index contributed by atoms with van der Waals surface area (Å²) in [6, 6.07) is 0. The molecule has 546 valence electrons. The van der Waals surface area contributed by atoms with Crippen molar-refractivity contribution in [2.24, 2.45) is 23.7 Å². The monoisotopic (exact) mass is 1350 g/mol. The lowest BCUT2D eigenvalue weighted by Gasteiger charge is -2.21. The minimum Gasteiger partial charge on any atom is -0.462 e. The number of rotatable bonds is 70. The van der Waals surface area contributed by atoms with Crippen LogP contribution in [0.1, 0.15) is 364 Å². The van der Waals surface area contributed by atoms with Crippen molar-refractivity contribution in [3.8, 4) is 0 Å². The number of aliphatic hydroxyl groups is 1. The summed E-state index contributed by atoms with van der Waals surface area (Å²) >= 11 is 0. The fourth-order valence-corrected chi connectivity index (χ4v) is 12.5. The Morgan fingerprint density at radius 2 is 0.522 bits per heavy atom. The lowest BCUT2D eigenvalue weighted by atomic mass is 9.99. The largest absolute Gasteiger partial charge is 0.472 e. The van der Waals surface area contributed by atoms with Crippen LogP contribution in [-0.4, -0.2) is 96.7 Å². The summed E-state index contributed by atoms with van der Waals surface area (Å²) in [5, 5.41) is 10.6. The predicted octanol–water partition coefficient (Wildman–Crippen LogP) is 20.9. The fourth-order valence-electron chi connectivity index (χ4n) is 11.0. The van der Waals surface area contributed by atoms with E-state index in [1.54, 1.807) is 0 Å². The number of carbonyl (C=O) groups excluding carboxylic acids is 4. The molecule has 0 fully saturated rings. The number of hydrogen-bond donors (Lipinski definition) is 3. The van der Waals surface area contributed by atoms with E-state index in [1.165, 1.54) is 161 Å². The number of phosphoric acid groups is 2. The molecule has 0 amide bonds. The van der Waals surface area contributed by atoms with Crippen LogP contribution in [0, 0.1) is 23.7 Å². The number of phosphoric ester groups is 2. The van der Waals surface area contributed by atoms with Crippen molar-refractivity contribution in [2.75, 3.05) is 39.6 Å². The van der Waals surface area contributed by atoms with Gasteiger partial charge in [-0.2, -0.15) is 0 Å². The fraction of sp³-hybridized carbons (Fsp3) is 0.945. The summed E-state index contributed by atoms with van der Waals surface area (Å²) in [6.45, 7) is 14.1. The highest BCUT2D eigenvalue weighted by Gasteiger charge is 2.30. The van der Waals surface area contributed by atoms with Gasteiger partial charge in [0.1, 0.15) is 19.3 Å². The van der Waals surface area contributed by atoms with Crippen molar-refractivity contribution >= 4 is 39.5 Å². The van der Waals surface area contributed by atoms with Gasteiger partial charge in [0.15, 0.2) is 12.2 Å². The first-order valence-corrected chi connectivity index (χ1v) is 40.8. The molecule has 0 aliphatic carbocycles. The molecule has 7 atom stereocenters. The van der Waals surface area contributed by atoms with Crippen LogP contribution in [0.4, 0.5) is 0 Å². The zero-order valence-corrected chi connectivity index (χ0v) is 62.0. The smallest absolute Gasteiger partial charge is 0.462 e. The second-order valence-electron chi connectivity index (χ2n) is 27.8. The Hall–Kier alpha value is -1.94. The summed E-state index contributed by atoms with van der Waals surface area (Å²) in [6.07, 6.45) is 45.8. The van der Waals surface area contributed by atoms with Crippen molar-refractivity contribution in [2.45, 2.75) is 382 Å². The first-order valence-electron chi connectivity index (χ1n) is 37.8. The summed E-state index contributed by atoms with van der Waals surface area (Å²) in [7, 11) is -9.91. The van der Waals surface area contributed by atoms with Gasteiger partial charge in [-0.05, 0) is 49.4 Å². The van der Waals surface area contributed by atoms with Crippen LogP contribution >= 0.6 is 15.6 Å². The van der Waals surface area contributed by atoms with Gasteiger partial charge < -0.3 is 33.8 Å². The van der Waals surface area contributed by atoms with Crippen LogP contribution in [0.3, 0.4) is 0 Å². The quantitative estimate of drug-likeness (QED) is 0.0222. The molecule has 19 heteroatoms. The molecule has 0 rings (SSSR count). The van der Waals surface area contributed by atoms with Gasteiger partial charge in [0.2, 0.25) is 0 Å². The maximum atomic E-state index is 13.0. The van der Waals surface area contributed by atoms with Gasteiger partial charge in [0.25, 0.3) is 0 Å². The Balaban J connectivity index is 5.25. The number of esters is 4. The molecule has 5 unspecified atom stereocenters. The Bertz CT molecular complexity index is 1820. The average molecular weight is 1350 g/mol. The first kappa shape index (κ1) is 90.1. The van der Waals surface area contributed by atoms with Crippen molar-refractivity contribution < 1.29 is 80.2 Å². The van der Waals surface area contributed by atoms with Crippen molar-refractivity contribution in [1.29, 1.82) is 0 Å². The van der Waals surface area contributed by atoms with Crippen LogP contribution in [0.5, 0.6) is 0 Å². The summed E-state index contributed by atoms with van der Waals surface area (Å²) < 4.78 is 68.4. The highest BCUT2D eigenvalue weighted by molar-refractivity contribution is 7.47. The standard InChI is InChI=1S/C73H142O17P2/c1-9-65(7)51-43-35-27-20-17-18-22-30-40-48-56-73(78)89-68(59-83-70(75)53-45-37-28-24-23-26-34-42-50-64(5)6)61-87-91(79,80)85-57-67(74)58-86-92(81,82)88-62-69(60-84-71(76)54-46-38-32-31-36-44-52-66(8)10-2)90-72(77)55-47-39-29-21-16-14-12-11-13-15-19-25-33-41-49-63(3)4/h63-69,74H,9-62H2,1-8H3,(H,79,80)(H,81,82)/t65?,66?,67?,68-,69-/m1/s1. The van der Waals surface area contributed by atoms with Gasteiger partial charge in [0.05, 0.1) is 26.4 Å². The van der Waals surface area contributed by atoms with Crippen LogP contribution in [0.25, 0.3) is 0 Å². The van der Waals surface area contributed by atoms with Gasteiger partial charge in [-0.3, -0.25) is 37.3 Å². The Morgan fingerprint density at radius 3 is 0.772 bits per heavy atom. The number of hydrogen-bond acceptors (Lipinski definition) is 15. The van der Waals surface area contributed by atoms with Gasteiger partial charge in [-0.15, -0.1) is 0 Å². The van der Waals surface area contributed by atoms with Gasteiger partial charge in [0, 0.05) is 25.7 Å². The zero-order valence-electron chi connectivity index (χ0n) is 60.2. The zero-order chi connectivity index (χ0) is 68.2. The third kappa shape index (κ3) is 64.1. The molecule has 0 bridgehead atoms. The first-order chi connectivity index (χ1) is 44.2. The number of ether oxygens (including phenoxy) is 4. The second kappa shape index (κ2) is 62.6. The van der Waals surface area contributed by atoms with Crippen LogP contribution < -0.4 is 0 Å². The van der Waals surface area contributed by atoms with E-state index in [0.717, 1.165) is 120 Å². The van der Waals surface area contributed by atoms with E-state index in [4.69, 9.17) is 37.0 Å². The lowest BCUT2D eigenvalue weighted by molar-refractivity contribution is -0.161. The molecule has 0 heterocycles. The minimum atomic E-state index is -4.95. The molecule has 0 aromatic rings. The highest BCUT2D eigenvalue weighted by atomic mass is 31.2. The van der Waals surface area contributed by atoms with Crippen molar-refractivity contribution in [1.82, 2.24) is 0 Å². The van der Waals surface area contributed by atoms with E-state index >= 15 is 0 Å². The Labute approximate surface area is 562 Å². The van der Waals surface area contributed by atoms with E-state index in [0.29, 0.717) is 25.7 Å². The van der Waals surface area contributed by atoms with E-state index in [-0.39, 0.29) is 25.7 Å². The molecule has 0 spiro atoms. The molecule has 17 nitrogen and oxygen atoms in total. The van der Waals surface area contributed by atoms with Crippen LogP contribution in [0.2, 0.25) is 0 Å². The van der Waals surface area contributed by atoms with Crippen molar-refractivity contribution in [3.05, 3.63) is 0 Å². The van der Waals surface area contributed by atoms with E-state index < -0.39 is 97.5 Å². The maximum absolute atomic E-state index is 13.0. The number of unbranched alkanes of at least 4 members (excludes halogenated alkanes) is 34. The molecule has 3 N–H and O–H groups in total. The van der Waals surface area contributed by atoms with E-state index in [2.05, 4.69) is 55.4 Å². The van der Waals surface area contributed by atoms with Gasteiger partial charge in [-0.1, -0.05) is 312 Å². The minimum absolute atomic E-state index is 0.105. The Morgan fingerprint density at radius 1 is 0.304 bits per heavy atom. The molecule has 0 aromatic carbocycles. The molecule has 0 aliphatic heterocycles. The van der Waals surface area contributed by atoms with E-state index in [1.807, 2.05) is 0 Å². The average Bonchev–Trinajstić information content (AvgIpc) is 2.72. The van der Waals surface area contributed by atoms with Crippen LogP contribution in [-0.2, 0) is 65.4 Å². The maximum Gasteiger partial charge on any atom is 0.472 e. The normalized spacial score (nSPS) is 14.8. The SMILES string of the molecule is CCC(C)CCCCCCCCCCCCC(=O)O[C@H](COC(=O)CCCCCCCCCCC(C)C)COP(=O)(O)OCC(O)COP(=O)(O)OC[C@@H](COC(=O)CCCCCCCCC(C)CC)OC(=O)CCCCCCCCCCCCCCCCC(C)C. The number of aliphatic hydroxyl groups excluding tert-OH is 1. The van der Waals surface area contributed by atoms with Gasteiger partial charge in [-0.25, -0.2) is 9.13 Å². The summed E-state index contributed by atoms with van der Waals surface area (Å²) in [4.78, 5) is 72.7.